The SMILES string of the molecule is O=C(NCc1ccc(Cn2ccnc2)cc1)NCc1cnn(-c2ccc(Cl)cc2)c1. The Balaban J connectivity index is 1.23. The minimum atomic E-state index is -0.225. The molecule has 7 nitrogen and oxygen atoms in total. The fourth-order valence-electron chi connectivity index (χ4n) is 2.97. The minimum Gasteiger partial charge on any atom is -0.334 e. The highest BCUT2D eigenvalue weighted by atomic mass is 35.5. The summed E-state index contributed by atoms with van der Waals surface area (Å²) >= 11 is 5.91. The van der Waals surface area contributed by atoms with E-state index in [1.165, 1.54) is 5.56 Å². The Morgan fingerprint density at radius 3 is 2.33 bits per heavy atom. The molecule has 0 unspecified atom stereocenters. The smallest absolute Gasteiger partial charge is 0.315 e. The Morgan fingerprint density at radius 2 is 1.63 bits per heavy atom. The van der Waals surface area contributed by atoms with Gasteiger partial charge in [0.2, 0.25) is 0 Å². The zero-order valence-corrected chi connectivity index (χ0v) is 17.0. The molecule has 0 aliphatic rings. The van der Waals surface area contributed by atoms with Gasteiger partial charge in [0.15, 0.2) is 0 Å². The van der Waals surface area contributed by atoms with E-state index < -0.39 is 0 Å². The number of amides is 2. The third-order valence-corrected chi connectivity index (χ3v) is 4.83. The average molecular weight is 421 g/mol. The monoisotopic (exact) mass is 420 g/mol. The number of rotatable bonds is 7. The van der Waals surface area contributed by atoms with Crippen molar-refractivity contribution < 1.29 is 4.79 Å². The summed E-state index contributed by atoms with van der Waals surface area (Å²) in [6.45, 7) is 1.63. The summed E-state index contributed by atoms with van der Waals surface area (Å²) in [4.78, 5) is 16.2. The molecule has 0 saturated heterocycles. The number of carbonyl (C=O) groups excluding carboxylic acids is 1. The second-order valence-corrected chi connectivity index (χ2v) is 7.29. The quantitative estimate of drug-likeness (QED) is 0.477. The first-order valence-electron chi connectivity index (χ1n) is 9.50. The van der Waals surface area contributed by atoms with E-state index in [1.54, 1.807) is 23.4 Å². The van der Waals surface area contributed by atoms with E-state index in [-0.39, 0.29) is 6.03 Å². The van der Waals surface area contributed by atoms with Crippen molar-refractivity contribution >= 4 is 17.6 Å². The normalized spacial score (nSPS) is 10.7. The highest BCUT2D eigenvalue weighted by molar-refractivity contribution is 6.30. The molecule has 30 heavy (non-hydrogen) atoms. The van der Waals surface area contributed by atoms with E-state index in [0.29, 0.717) is 18.1 Å². The van der Waals surface area contributed by atoms with Crippen LogP contribution in [0.2, 0.25) is 5.02 Å². The molecule has 0 bridgehead atoms. The first-order chi connectivity index (χ1) is 14.7. The first-order valence-corrected chi connectivity index (χ1v) is 9.88. The molecule has 8 heteroatoms. The van der Waals surface area contributed by atoms with Crippen molar-refractivity contribution in [3.63, 3.8) is 0 Å². The molecule has 0 aliphatic heterocycles. The first kappa shape index (κ1) is 19.7. The van der Waals surface area contributed by atoms with Crippen LogP contribution in [-0.4, -0.2) is 25.4 Å². The van der Waals surface area contributed by atoms with Gasteiger partial charge in [0.1, 0.15) is 0 Å². The highest BCUT2D eigenvalue weighted by Gasteiger charge is 2.05. The van der Waals surface area contributed by atoms with Crippen LogP contribution in [0.4, 0.5) is 4.79 Å². The summed E-state index contributed by atoms with van der Waals surface area (Å²) in [5, 5.41) is 10.7. The van der Waals surface area contributed by atoms with Gasteiger partial charge in [0.25, 0.3) is 0 Å². The third kappa shape index (κ3) is 5.27. The molecule has 0 fully saturated rings. The fraction of sp³-hybridized carbons (Fsp3) is 0.136. The van der Waals surface area contributed by atoms with Crippen LogP contribution in [0.15, 0.2) is 79.6 Å². The third-order valence-electron chi connectivity index (χ3n) is 4.58. The van der Waals surface area contributed by atoms with Crippen LogP contribution < -0.4 is 10.6 Å². The second kappa shape index (κ2) is 9.28. The number of imidazole rings is 1. The molecular weight excluding hydrogens is 400 g/mol. The van der Waals surface area contributed by atoms with E-state index in [4.69, 9.17) is 11.6 Å². The van der Waals surface area contributed by atoms with E-state index in [1.807, 2.05) is 53.4 Å². The molecule has 0 atom stereocenters. The minimum absolute atomic E-state index is 0.225. The number of hydrogen-bond acceptors (Lipinski definition) is 3. The molecule has 4 aromatic rings. The lowest BCUT2D eigenvalue weighted by Crippen LogP contribution is -2.34. The van der Waals surface area contributed by atoms with Crippen molar-refractivity contribution in [1.82, 2.24) is 30.0 Å². The summed E-state index contributed by atoms with van der Waals surface area (Å²) in [5.41, 5.74) is 4.03. The summed E-state index contributed by atoms with van der Waals surface area (Å²) in [6, 6.07) is 15.3. The van der Waals surface area contributed by atoms with Gasteiger partial charge >= 0.3 is 6.03 Å². The van der Waals surface area contributed by atoms with Gasteiger partial charge < -0.3 is 15.2 Å². The largest absolute Gasteiger partial charge is 0.334 e. The lowest BCUT2D eigenvalue weighted by Gasteiger charge is -2.08. The molecule has 2 N–H and O–H groups in total. The van der Waals surface area contributed by atoms with Crippen molar-refractivity contribution in [3.05, 3.63) is 101 Å². The van der Waals surface area contributed by atoms with Gasteiger partial charge in [-0.1, -0.05) is 35.9 Å². The van der Waals surface area contributed by atoms with Crippen LogP contribution >= 0.6 is 11.6 Å². The van der Waals surface area contributed by atoms with Gasteiger partial charge in [0, 0.05) is 48.8 Å². The maximum atomic E-state index is 12.1. The summed E-state index contributed by atoms with van der Waals surface area (Å²) < 4.78 is 3.76. The van der Waals surface area contributed by atoms with Crippen LogP contribution in [0.1, 0.15) is 16.7 Å². The number of carbonyl (C=O) groups is 1. The van der Waals surface area contributed by atoms with Crippen molar-refractivity contribution in [2.75, 3.05) is 0 Å². The van der Waals surface area contributed by atoms with E-state index in [0.717, 1.165) is 23.4 Å². The van der Waals surface area contributed by atoms with Crippen molar-refractivity contribution in [2.45, 2.75) is 19.6 Å². The Hall–Kier alpha value is -3.58. The zero-order chi connectivity index (χ0) is 20.8. The molecule has 152 valence electrons. The van der Waals surface area contributed by atoms with Crippen LogP contribution in [0.25, 0.3) is 5.69 Å². The number of hydrogen-bond donors (Lipinski definition) is 2. The summed E-state index contributed by atoms with van der Waals surface area (Å²) in [5.74, 6) is 0. The van der Waals surface area contributed by atoms with Gasteiger partial charge in [-0.3, -0.25) is 0 Å². The van der Waals surface area contributed by atoms with Gasteiger partial charge in [-0.25, -0.2) is 14.5 Å². The molecule has 2 heterocycles. The fourth-order valence-corrected chi connectivity index (χ4v) is 3.09. The van der Waals surface area contributed by atoms with Crippen molar-refractivity contribution in [1.29, 1.82) is 0 Å². The van der Waals surface area contributed by atoms with E-state index in [2.05, 4.69) is 32.8 Å². The molecule has 0 radical (unpaired) electrons. The number of urea groups is 1. The molecule has 0 saturated carbocycles. The van der Waals surface area contributed by atoms with Crippen molar-refractivity contribution in [3.8, 4) is 5.69 Å². The summed E-state index contributed by atoms with van der Waals surface area (Å²) in [6.07, 6.45) is 9.09. The van der Waals surface area contributed by atoms with Crippen molar-refractivity contribution in [2.24, 2.45) is 0 Å². The predicted molar refractivity (Wildman–Crippen MR) is 115 cm³/mol. The van der Waals surface area contributed by atoms with Crippen LogP contribution in [0, 0.1) is 0 Å². The maximum Gasteiger partial charge on any atom is 0.315 e. The standard InChI is InChI=1S/C22H21ClN6O/c23-20-5-7-21(8-6-20)29-15-19(13-27-29)12-26-22(30)25-11-17-1-3-18(4-2-17)14-28-10-9-24-16-28/h1-10,13,15-16H,11-12,14H2,(H2,25,26,30). The Morgan fingerprint density at radius 1 is 0.933 bits per heavy atom. The number of nitrogens with zero attached hydrogens (tertiary/aromatic N) is 4. The average Bonchev–Trinajstić information content (AvgIpc) is 3.44. The molecule has 2 aromatic heterocycles. The van der Waals surface area contributed by atoms with Gasteiger partial charge in [-0.05, 0) is 35.4 Å². The topological polar surface area (TPSA) is 76.8 Å². The zero-order valence-electron chi connectivity index (χ0n) is 16.2. The molecule has 0 aliphatic carbocycles. The molecule has 4 rings (SSSR count). The van der Waals surface area contributed by atoms with Crippen LogP contribution in [0.3, 0.4) is 0 Å². The molecule has 0 spiro atoms. The van der Waals surface area contributed by atoms with Gasteiger partial charge in [0.05, 0.1) is 18.2 Å². The molecular formula is C22H21ClN6O. The van der Waals surface area contributed by atoms with Crippen LogP contribution in [-0.2, 0) is 19.6 Å². The Kier molecular flexibility index (Phi) is 6.10. The van der Waals surface area contributed by atoms with Gasteiger partial charge in [-0.2, -0.15) is 5.10 Å². The maximum absolute atomic E-state index is 12.1. The van der Waals surface area contributed by atoms with Crippen LogP contribution in [0.5, 0.6) is 0 Å². The second-order valence-electron chi connectivity index (χ2n) is 6.86. The Bertz CT molecular complexity index is 1090. The lowest BCUT2D eigenvalue weighted by atomic mass is 10.1. The molecule has 2 aromatic carbocycles. The predicted octanol–water partition coefficient (Wildman–Crippen LogP) is 3.77. The van der Waals surface area contributed by atoms with E-state index in [9.17, 15) is 4.79 Å². The number of halogens is 1. The number of aromatic nitrogens is 4. The Labute approximate surface area is 179 Å². The molecule has 2 amide bonds. The number of benzene rings is 2. The summed E-state index contributed by atoms with van der Waals surface area (Å²) in [7, 11) is 0. The highest BCUT2D eigenvalue weighted by Crippen LogP contribution is 2.13. The van der Waals surface area contributed by atoms with E-state index >= 15 is 0 Å². The number of nitrogens with one attached hydrogen (secondary N) is 2. The lowest BCUT2D eigenvalue weighted by molar-refractivity contribution is 0.240. The van der Waals surface area contributed by atoms with Gasteiger partial charge in [-0.15, -0.1) is 0 Å².